The Bertz CT molecular complexity index is 1230. The topological polar surface area (TPSA) is 59.9 Å². The first-order valence-corrected chi connectivity index (χ1v) is 11.8. The summed E-state index contributed by atoms with van der Waals surface area (Å²) >= 11 is 13.4. The lowest BCUT2D eigenvalue weighted by atomic mass is 10.2. The number of ether oxygens (including phenoxy) is 2. The van der Waals surface area contributed by atoms with Crippen LogP contribution < -0.4 is 14.8 Å². The number of thioether (sulfide) groups is 1. The van der Waals surface area contributed by atoms with Crippen LogP contribution in [0.1, 0.15) is 18.1 Å². The van der Waals surface area contributed by atoms with Crippen molar-refractivity contribution in [1.82, 2.24) is 5.32 Å². The standard InChI is InChI=1S/C25H20Cl2N2O3S/c1-2-31-22-13-16(7-12-21(22)32-15-17-5-3-4-6-20(17)27)14-23-24(30)29-25(33-23)28-19-10-8-18(26)9-11-19/h3-14H,2,15H2,1H3,(H,28,29,30)/b23-14-. The molecule has 4 rings (SSSR count). The second-order valence-electron chi connectivity index (χ2n) is 6.98. The number of aliphatic imine (C=N–C) groups is 1. The van der Waals surface area contributed by atoms with Gasteiger partial charge in [0.1, 0.15) is 6.61 Å². The van der Waals surface area contributed by atoms with Crippen LogP contribution >= 0.6 is 35.0 Å². The molecular weight excluding hydrogens is 479 g/mol. The summed E-state index contributed by atoms with van der Waals surface area (Å²) in [6.07, 6.45) is 1.80. The summed E-state index contributed by atoms with van der Waals surface area (Å²) in [5.74, 6) is 0.995. The number of benzene rings is 3. The Labute approximate surface area is 206 Å². The summed E-state index contributed by atoms with van der Waals surface area (Å²) in [6.45, 7) is 2.71. The van der Waals surface area contributed by atoms with Crippen molar-refractivity contribution in [2.75, 3.05) is 6.61 Å². The minimum absolute atomic E-state index is 0.204. The third kappa shape index (κ3) is 6.11. The van der Waals surface area contributed by atoms with Crippen LogP contribution in [0, 0.1) is 0 Å². The number of hydrogen-bond acceptors (Lipinski definition) is 5. The molecule has 1 amide bonds. The van der Waals surface area contributed by atoms with Gasteiger partial charge in [-0.15, -0.1) is 0 Å². The Hall–Kier alpha value is -2.93. The molecule has 0 radical (unpaired) electrons. The van der Waals surface area contributed by atoms with Gasteiger partial charge in [-0.3, -0.25) is 4.79 Å². The number of amidine groups is 1. The number of carbonyl (C=O) groups excluding carboxylic acids is 1. The van der Waals surface area contributed by atoms with E-state index >= 15 is 0 Å². The minimum atomic E-state index is -0.204. The average molecular weight is 499 g/mol. The molecule has 0 unspecified atom stereocenters. The highest BCUT2D eigenvalue weighted by Gasteiger charge is 2.24. The van der Waals surface area contributed by atoms with Crippen LogP contribution in [0.25, 0.3) is 6.08 Å². The summed E-state index contributed by atoms with van der Waals surface area (Å²) in [6, 6.07) is 20.2. The molecule has 0 aromatic heterocycles. The maximum atomic E-state index is 12.4. The Morgan fingerprint density at radius 3 is 2.55 bits per heavy atom. The van der Waals surface area contributed by atoms with Gasteiger partial charge < -0.3 is 14.8 Å². The predicted octanol–water partition coefficient (Wildman–Crippen LogP) is 6.86. The van der Waals surface area contributed by atoms with Gasteiger partial charge in [-0.05, 0) is 72.8 Å². The van der Waals surface area contributed by atoms with Gasteiger partial charge in [-0.1, -0.05) is 47.5 Å². The number of nitrogens with one attached hydrogen (secondary N) is 1. The minimum Gasteiger partial charge on any atom is -0.490 e. The van der Waals surface area contributed by atoms with Crippen LogP contribution in [0.2, 0.25) is 10.0 Å². The van der Waals surface area contributed by atoms with Gasteiger partial charge in [0.15, 0.2) is 16.7 Å². The summed E-state index contributed by atoms with van der Waals surface area (Å²) in [5, 5.41) is 4.58. The Morgan fingerprint density at radius 2 is 1.79 bits per heavy atom. The van der Waals surface area contributed by atoms with Crippen LogP contribution in [-0.4, -0.2) is 17.7 Å². The van der Waals surface area contributed by atoms with Gasteiger partial charge in [0.05, 0.1) is 17.2 Å². The normalized spacial score (nSPS) is 15.7. The highest BCUT2D eigenvalue weighted by atomic mass is 35.5. The highest BCUT2D eigenvalue weighted by Crippen LogP contribution is 2.33. The molecule has 168 valence electrons. The first-order chi connectivity index (χ1) is 16.0. The summed E-state index contributed by atoms with van der Waals surface area (Å²) in [7, 11) is 0. The van der Waals surface area contributed by atoms with Gasteiger partial charge in [0.25, 0.3) is 5.91 Å². The van der Waals surface area contributed by atoms with Crippen molar-refractivity contribution in [2.45, 2.75) is 13.5 Å². The molecule has 0 saturated carbocycles. The molecule has 0 bridgehead atoms. The number of amides is 1. The summed E-state index contributed by atoms with van der Waals surface area (Å²) in [5.41, 5.74) is 2.41. The number of rotatable bonds is 7. The predicted molar refractivity (Wildman–Crippen MR) is 136 cm³/mol. The fourth-order valence-corrected chi connectivity index (χ4v) is 4.20. The number of hydrogen-bond donors (Lipinski definition) is 1. The molecule has 0 spiro atoms. The van der Waals surface area contributed by atoms with Gasteiger partial charge in [-0.2, -0.15) is 0 Å². The van der Waals surface area contributed by atoms with E-state index in [0.717, 1.165) is 11.1 Å². The lowest BCUT2D eigenvalue weighted by Crippen LogP contribution is -2.19. The molecular formula is C25H20Cl2N2O3S. The van der Waals surface area contributed by atoms with Crippen molar-refractivity contribution in [3.63, 3.8) is 0 Å². The molecule has 8 heteroatoms. The molecule has 1 aliphatic rings. The second kappa shape index (κ2) is 10.8. The Morgan fingerprint density at radius 1 is 1.00 bits per heavy atom. The Balaban J connectivity index is 1.51. The van der Waals surface area contributed by atoms with Crippen molar-refractivity contribution >= 4 is 57.8 Å². The third-order valence-electron chi connectivity index (χ3n) is 4.61. The van der Waals surface area contributed by atoms with Crippen molar-refractivity contribution in [3.8, 4) is 11.5 Å². The number of nitrogens with zero attached hydrogens (tertiary/aromatic N) is 1. The zero-order valence-corrected chi connectivity index (χ0v) is 20.0. The van der Waals surface area contributed by atoms with Crippen LogP contribution in [-0.2, 0) is 11.4 Å². The van der Waals surface area contributed by atoms with Gasteiger partial charge >= 0.3 is 0 Å². The molecule has 1 fully saturated rings. The molecule has 1 aliphatic heterocycles. The van der Waals surface area contributed by atoms with Gasteiger partial charge in [0, 0.05) is 15.6 Å². The van der Waals surface area contributed by atoms with Crippen LogP contribution in [0.15, 0.2) is 76.6 Å². The molecule has 1 N–H and O–H groups in total. The van der Waals surface area contributed by atoms with E-state index in [1.54, 1.807) is 30.3 Å². The number of carbonyl (C=O) groups is 1. The molecule has 0 aliphatic carbocycles. The zero-order valence-electron chi connectivity index (χ0n) is 17.7. The third-order valence-corrected chi connectivity index (χ3v) is 6.15. The maximum absolute atomic E-state index is 12.4. The molecule has 1 saturated heterocycles. The van der Waals surface area contributed by atoms with Crippen LogP contribution in [0.5, 0.6) is 11.5 Å². The Kier molecular flexibility index (Phi) is 7.60. The van der Waals surface area contributed by atoms with E-state index in [-0.39, 0.29) is 5.91 Å². The van der Waals surface area contributed by atoms with Crippen molar-refractivity contribution < 1.29 is 14.3 Å². The van der Waals surface area contributed by atoms with E-state index < -0.39 is 0 Å². The molecule has 5 nitrogen and oxygen atoms in total. The monoisotopic (exact) mass is 498 g/mol. The number of halogens is 2. The fraction of sp³-hybridized carbons (Fsp3) is 0.120. The summed E-state index contributed by atoms with van der Waals surface area (Å²) in [4.78, 5) is 17.4. The van der Waals surface area contributed by atoms with E-state index in [0.29, 0.717) is 50.5 Å². The largest absolute Gasteiger partial charge is 0.490 e. The zero-order chi connectivity index (χ0) is 23.2. The van der Waals surface area contributed by atoms with E-state index in [1.807, 2.05) is 49.4 Å². The van der Waals surface area contributed by atoms with E-state index in [2.05, 4.69) is 10.3 Å². The molecule has 1 heterocycles. The smallest absolute Gasteiger partial charge is 0.264 e. The maximum Gasteiger partial charge on any atom is 0.264 e. The molecule has 0 atom stereocenters. The second-order valence-corrected chi connectivity index (χ2v) is 8.85. The molecule has 33 heavy (non-hydrogen) atoms. The van der Waals surface area contributed by atoms with E-state index in [9.17, 15) is 4.79 Å². The van der Waals surface area contributed by atoms with Gasteiger partial charge in [0.2, 0.25) is 0 Å². The lowest BCUT2D eigenvalue weighted by Gasteiger charge is -2.13. The average Bonchev–Trinajstić information content (AvgIpc) is 3.14. The highest BCUT2D eigenvalue weighted by molar-refractivity contribution is 8.18. The summed E-state index contributed by atoms with van der Waals surface area (Å²) < 4.78 is 11.7. The van der Waals surface area contributed by atoms with Crippen molar-refractivity contribution in [1.29, 1.82) is 0 Å². The first-order valence-electron chi connectivity index (χ1n) is 10.2. The van der Waals surface area contributed by atoms with Gasteiger partial charge in [-0.25, -0.2) is 4.99 Å². The molecule has 3 aromatic carbocycles. The van der Waals surface area contributed by atoms with Crippen molar-refractivity contribution in [3.05, 3.63) is 92.8 Å². The fourth-order valence-electron chi connectivity index (χ4n) is 3.04. The van der Waals surface area contributed by atoms with Crippen molar-refractivity contribution in [2.24, 2.45) is 4.99 Å². The van der Waals surface area contributed by atoms with E-state index in [4.69, 9.17) is 32.7 Å². The lowest BCUT2D eigenvalue weighted by molar-refractivity contribution is -0.115. The van der Waals surface area contributed by atoms with Crippen LogP contribution in [0.3, 0.4) is 0 Å². The molecule has 3 aromatic rings. The first kappa shape index (κ1) is 23.2. The van der Waals surface area contributed by atoms with Crippen LogP contribution in [0.4, 0.5) is 5.69 Å². The quantitative estimate of drug-likeness (QED) is 0.361. The van der Waals surface area contributed by atoms with E-state index in [1.165, 1.54) is 11.8 Å². The SMILES string of the molecule is CCOc1cc(/C=C2\SC(=Nc3ccc(Cl)cc3)NC2=O)ccc1OCc1ccccc1Cl.